The first kappa shape index (κ1) is 34.0. The molecule has 14 heteroatoms. The Kier molecular flexibility index (Phi) is 10.9. The molecule has 2 aromatic rings. The summed E-state index contributed by atoms with van der Waals surface area (Å²) < 4.78 is 23.0. The Morgan fingerprint density at radius 2 is 1.20 bits per heavy atom. The number of amides is 2. The van der Waals surface area contributed by atoms with Crippen LogP contribution in [-0.2, 0) is 45.4 Å². The summed E-state index contributed by atoms with van der Waals surface area (Å²) in [5.74, 6) is -2.69. The first-order valence-corrected chi connectivity index (χ1v) is 15.1. The van der Waals surface area contributed by atoms with Crippen LogP contribution in [0.1, 0.15) is 55.4 Å². The molecule has 244 valence electrons. The highest BCUT2D eigenvalue weighted by atomic mass is 35.5. The summed E-state index contributed by atoms with van der Waals surface area (Å²) >= 11 is 13.4. The fourth-order valence-electron chi connectivity index (χ4n) is 5.22. The van der Waals surface area contributed by atoms with Gasteiger partial charge in [-0.2, -0.15) is 0 Å². The van der Waals surface area contributed by atoms with Crippen molar-refractivity contribution in [1.82, 2.24) is 9.80 Å². The van der Waals surface area contributed by atoms with Crippen LogP contribution in [0.4, 0.5) is 0 Å². The lowest BCUT2D eigenvalue weighted by Gasteiger charge is -2.17. The van der Waals surface area contributed by atoms with Crippen molar-refractivity contribution < 1.29 is 48.3 Å². The van der Waals surface area contributed by atoms with Gasteiger partial charge in [0.2, 0.25) is 11.8 Å². The summed E-state index contributed by atoms with van der Waals surface area (Å²) in [7, 11) is 2.96. The van der Waals surface area contributed by atoms with Crippen molar-refractivity contribution in [2.75, 3.05) is 27.4 Å². The van der Waals surface area contributed by atoms with Crippen molar-refractivity contribution in [3.8, 4) is 23.0 Å². The monoisotopic (exact) mass is 666 g/mol. The summed E-state index contributed by atoms with van der Waals surface area (Å²) in [5, 5.41) is 18.8. The van der Waals surface area contributed by atoms with Crippen LogP contribution < -0.4 is 18.9 Å². The number of fused-ring (bicyclic) bond motifs is 2. The number of carboxylic acids is 2. The number of aliphatic carboxylic acids is 2. The number of benzene rings is 2. The molecule has 0 bridgehead atoms. The van der Waals surface area contributed by atoms with Crippen LogP contribution in [0.2, 0.25) is 10.0 Å². The Morgan fingerprint density at radius 3 is 1.69 bits per heavy atom. The molecule has 2 aliphatic rings. The molecule has 0 aliphatic carbocycles. The van der Waals surface area contributed by atoms with E-state index in [1.165, 1.54) is 33.0 Å². The van der Waals surface area contributed by atoms with Crippen molar-refractivity contribution in [2.24, 2.45) is 11.8 Å². The van der Waals surface area contributed by atoms with Gasteiger partial charge in [-0.05, 0) is 23.3 Å². The molecule has 0 fully saturated rings. The van der Waals surface area contributed by atoms with Gasteiger partial charge in [0.1, 0.15) is 0 Å². The number of carbonyl (C=O) groups is 4. The van der Waals surface area contributed by atoms with E-state index in [-0.39, 0.29) is 72.5 Å². The largest absolute Gasteiger partial charge is 0.493 e. The third kappa shape index (κ3) is 7.50. The molecule has 4 rings (SSSR count). The maximum Gasteiger partial charge on any atom is 0.306 e. The molecule has 0 radical (unpaired) electrons. The lowest BCUT2D eigenvalue weighted by atomic mass is 10.1. The van der Waals surface area contributed by atoms with Crippen LogP contribution in [0.3, 0.4) is 0 Å². The Morgan fingerprint density at radius 1 is 0.733 bits per heavy atom. The van der Waals surface area contributed by atoms with E-state index in [0.29, 0.717) is 42.1 Å². The van der Waals surface area contributed by atoms with Crippen molar-refractivity contribution in [3.05, 3.63) is 44.4 Å². The van der Waals surface area contributed by atoms with Crippen LogP contribution in [0.5, 0.6) is 23.0 Å². The summed E-state index contributed by atoms with van der Waals surface area (Å²) in [5.41, 5.74) is 3.06. The fraction of sp³-hybridized carbons (Fsp3) is 0.484. The molecule has 2 amide bonds. The topological polar surface area (TPSA) is 152 Å². The normalized spacial score (nSPS) is 14.8. The van der Waals surface area contributed by atoms with E-state index in [2.05, 4.69) is 0 Å². The SMILES string of the molecule is COc1cc2c(cc1OCCCOc1c(Cl)c3c(c(Cl)c1OC)CN(C(=O)C[C@H](C)C(=O)O)C3)CN(C(=O)C[C@H](C)C(=O)O)C2. The molecule has 12 nitrogen and oxygen atoms in total. The highest BCUT2D eigenvalue weighted by Gasteiger charge is 2.34. The summed E-state index contributed by atoms with van der Waals surface area (Å²) in [6.07, 6.45) is 0.233. The number of methoxy groups -OCH3 is 2. The van der Waals surface area contributed by atoms with E-state index in [1.54, 1.807) is 4.90 Å². The zero-order valence-corrected chi connectivity index (χ0v) is 27.0. The van der Waals surface area contributed by atoms with Gasteiger partial charge in [-0.1, -0.05) is 37.0 Å². The minimum atomic E-state index is -1.05. The number of carboxylic acid groups (broad SMARTS) is 2. The molecule has 2 aliphatic heterocycles. The number of ether oxygens (including phenoxy) is 4. The molecule has 2 atom stereocenters. The predicted molar refractivity (Wildman–Crippen MR) is 163 cm³/mol. The highest BCUT2D eigenvalue weighted by molar-refractivity contribution is 6.37. The Hall–Kier alpha value is -3.90. The third-order valence-electron chi connectivity index (χ3n) is 7.91. The van der Waals surface area contributed by atoms with Gasteiger partial charge < -0.3 is 39.0 Å². The molecule has 2 N–H and O–H groups in total. The van der Waals surface area contributed by atoms with Gasteiger partial charge in [0.15, 0.2) is 23.0 Å². The lowest BCUT2D eigenvalue weighted by Crippen LogP contribution is -2.28. The average molecular weight is 668 g/mol. The second kappa shape index (κ2) is 14.5. The lowest BCUT2D eigenvalue weighted by molar-refractivity contribution is -0.145. The summed E-state index contributed by atoms with van der Waals surface area (Å²) in [6, 6.07) is 3.65. The molecule has 45 heavy (non-hydrogen) atoms. The van der Waals surface area contributed by atoms with Crippen molar-refractivity contribution in [1.29, 1.82) is 0 Å². The quantitative estimate of drug-likeness (QED) is 0.270. The fourth-order valence-corrected chi connectivity index (χ4v) is 5.87. The molecule has 0 spiro atoms. The molecule has 0 aromatic heterocycles. The van der Waals surface area contributed by atoms with Crippen LogP contribution in [0.25, 0.3) is 0 Å². The number of hydrogen-bond donors (Lipinski definition) is 2. The maximum absolute atomic E-state index is 12.7. The predicted octanol–water partition coefficient (Wildman–Crippen LogP) is 4.76. The number of hydrogen-bond acceptors (Lipinski definition) is 8. The first-order valence-electron chi connectivity index (χ1n) is 14.4. The standard InChI is InChI=1S/C31H36Cl2N2O10/c1-16(30(38)39)8-24(36)34-12-18-10-22(42-3)23(11-19(18)13-34)44-6-5-7-45-29-27(33)21-15-35(25(37)9-17(2)31(40)41)14-20(21)26(32)28(29)43-4/h10-11,16-17H,5-9,12-15H2,1-4H3,(H,38,39)(H,40,41)/t16-,17-/m0/s1. The Bertz CT molecular complexity index is 1500. The number of nitrogens with zero attached hydrogens (tertiary/aromatic N) is 2. The zero-order valence-electron chi connectivity index (χ0n) is 25.5. The van der Waals surface area contributed by atoms with Crippen molar-refractivity contribution in [2.45, 2.75) is 59.3 Å². The molecule has 2 aromatic carbocycles. The van der Waals surface area contributed by atoms with Crippen LogP contribution in [0.15, 0.2) is 12.1 Å². The van der Waals surface area contributed by atoms with Gasteiger partial charge in [-0.3, -0.25) is 19.2 Å². The van der Waals surface area contributed by atoms with E-state index in [9.17, 15) is 19.2 Å². The third-order valence-corrected chi connectivity index (χ3v) is 8.71. The van der Waals surface area contributed by atoms with Crippen LogP contribution in [0, 0.1) is 11.8 Å². The van der Waals surface area contributed by atoms with Crippen LogP contribution >= 0.6 is 23.2 Å². The Labute approximate surface area is 270 Å². The smallest absolute Gasteiger partial charge is 0.306 e. The van der Waals surface area contributed by atoms with E-state index in [4.69, 9.17) is 52.4 Å². The van der Waals surface area contributed by atoms with Crippen molar-refractivity contribution in [3.63, 3.8) is 0 Å². The van der Waals surface area contributed by atoms with Crippen molar-refractivity contribution >= 4 is 47.0 Å². The number of halogens is 2. The summed E-state index contributed by atoms with van der Waals surface area (Å²) in [4.78, 5) is 50.8. The number of carbonyl (C=O) groups excluding carboxylic acids is 2. The Balaban J connectivity index is 1.36. The van der Waals surface area contributed by atoms with E-state index >= 15 is 0 Å². The van der Waals surface area contributed by atoms with Gasteiger partial charge in [0.25, 0.3) is 0 Å². The maximum atomic E-state index is 12.7. The second-order valence-electron chi connectivity index (χ2n) is 11.2. The minimum absolute atomic E-state index is 0.0729. The van der Waals surface area contributed by atoms with E-state index in [1.807, 2.05) is 12.1 Å². The average Bonchev–Trinajstić information content (AvgIpc) is 3.64. The summed E-state index contributed by atoms with van der Waals surface area (Å²) in [6.45, 7) is 4.51. The van der Waals surface area contributed by atoms with Gasteiger partial charge in [-0.25, -0.2) is 0 Å². The molecular formula is C31H36Cl2N2O10. The molecule has 2 heterocycles. The molecular weight excluding hydrogens is 631 g/mol. The minimum Gasteiger partial charge on any atom is -0.493 e. The highest BCUT2D eigenvalue weighted by Crippen LogP contribution is 2.49. The molecule has 0 saturated carbocycles. The van der Waals surface area contributed by atoms with Crippen LogP contribution in [-0.4, -0.2) is 71.2 Å². The number of rotatable bonds is 14. The van der Waals surface area contributed by atoms with E-state index in [0.717, 1.165) is 11.1 Å². The molecule has 0 unspecified atom stereocenters. The van der Waals surface area contributed by atoms with Gasteiger partial charge in [-0.15, -0.1) is 0 Å². The van der Waals surface area contributed by atoms with E-state index < -0.39 is 23.8 Å². The second-order valence-corrected chi connectivity index (χ2v) is 11.9. The van der Waals surface area contributed by atoms with Gasteiger partial charge >= 0.3 is 11.9 Å². The molecule has 0 saturated heterocycles. The first-order chi connectivity index (χ1) is 21.4. The zero-order chi connectivity index (χ0) is 33.0. The van der Waals surface area contributed by atoms with Gasteiger partial charge in [0.05, 0.1) is 49.3 Å². The van der Waals surface area contributed by atoms with Gasteiger partial charge in [0, 0.05) is 56.6 Å².